The number of allylic oxidation sites excluding steroid dienone is 2. The molecule has 0 unspecified atom stereocenters. The van der Waals surface area contributed by atoms with Gasteiger partial charge in [0.2, 0.25) is 11.8 Å². The molecular weight excluding hydrogens is 959 g/mol. The maximum absolute atomic E-state index is 12.6. The lowest BCUT2D eigenvalue weighted by Crippen LogP contribution is -2.52. The minimum Gasteiger partial charge on any atom is -0.379 e. The third-order valence-corrected chi connectivity index (χ3v) is 11.4. The average Bonchev–Trinajstić information content (AvgIpc) is 3.42. The second kappa shape index (κ2) is 31.6. The van der Waals surface area contributed by atoms with Crippen LogP contribution in [0.3, 0.4) is 0 Å². The van der Waals surface area contributed by atoms with Gasteiger partial charge in [-0.25, -0.2) is 11.0 Å². The Morgan fingerprint density at radius 3 is 1.33 bits per heavy atom. The van der Waals surface area contributed by atoms with Crippen LogP contribution in [-0.4, -0.2) is 159 Å². The fourth-order valence-electron chi connectivity index (χ4n) is 7.30. The standard InChI is InChI=1S/C29H35N5O5.C27H30N4O5/c1-33(2)21-27(35)30-19-26(29(37)32-38)31-28(36)25-13-11-23(12-14-25)6-4-3-5-22-7-9-24(10-8-22)20-34-15-17-39-18-16-34;1-20(32)28-18-25(27(34)30-35)29-26(33)24-12-10-22(11-13-24)5-3-2-4-21-6-8-23(9-7-21)19-31-14-16-36-17-15-31/h3,5,7-14,26,38H,15-21H2,1-2H3,(H,30,35)(H,31,36)(H,32,37);2,4,6-13,25,35H,14-19H2,1H3,(H,28,32)(H,29,33)(H,30,34)/b5-3+;4-2+/t26-;25-/m00/s1. The van der Waals surface area contributed by atoms with E-state index in [1.54, 1.807) is 79.7 Å². The van der Waals surface area contributed by atoms with Gasteiger partial charge in [0, 0.05) is 81.5 Å². The molecule has 19 nitrogen and oxygen atoms in total. The molecule has 2 atom stereocenters. The van der Waals surface area contributed by atoms with Crippen LogP contribution in [0.5, 0.6) is 0 Å². The molecule has 2 saturated heterocycles. The Hall–Kier alpha value is -7.98. The maximum Gasteiger partial charge on any atom is 0.267 e. The predicted octanol–water partition coefficient (Wildman–Crippen LogP) is 2.19. The number of hydroxylamine groups is 2. The molecule has 4 aromatic rings. The topological polar surface area (TPSA) is 243 Å². The number of ether oxygens (including phenoxy) is 2. The molecule has 394 valence electrons. The number of hydrogen-bond acceptors (Lipinski definition) is 13. The lowest BCUT2D eigenvalue weighted by atomic mass is 10.1. The molecule has 0 bridgehead atoms. The number of hydrogen-bond donors (Lipinski definition) is 8. The van der Waals surface area contributed by atoms with E-state index in [1.165, 1.54) is 29.0 Å². The summed E-state index contributed by atoms with van der Waals surface area (Å²) >= 11 is 0. The van der Waals surface area contributed by atoms with Crippen molar-refractivity contribution < 1.29 is 48.7 Å². The smallest absolute Gasteiger partial charge is 0.267 e. The summed E-state index contributed by atoms with van der Waals surface area (Å²) in [6.45, 7) is 9.93. The van der Waals surface area contributed by atoms with Crippen molar-refractivity contribution in [2.75, 3.05) is 86.3 Å². The average molecular weight is 1020 g/mol. The van der Waals surface area contributed by atoms with Crippen LogP contribution in [0.25, 0.3) is 12.2 Å². The highest BCUT2D eigenvalue weighted by atomic mass is 16.5. The Balaban J connectivity index is 0.000000278. The Kier molecular flexibility index (Phi) is 24.4. The number of carbonyl (C=O) groups excluding carboxylic acids is 6. The zero-order valence-electron chi connectivity index (χ0n) is 42.4. The first kappa shape index (κ1) is 57.9. The van der Waals surface area contributed by atoms with Crippen molar-refractivity contribution in [1.82, 2.24) is 46.9 Å². The van der Waals surface area contributed by atoms with Gasteiger partial charge in [-0.2, -0.15) is 0 Å². The van der Waals surface area contributed by atoms with E-state index in [9.17, 15) is 28.8 Å². The molecule has 4 aromatic carbocycles. The van der Waals surface area contributed by atoms with Gasteiger partial charge in [0.25, 0.3) is 23.6 Å². The molecule has 75 heavy (non-hydrogen) atoms. The summed E-state index contributed by atoms with van der Waals surface area (Å²) in [4.78, 5) is 78.1. The van der Waals surface area contributed by atoms with E-state index in [0.29, 0.717) is 11.1 Å². The van der Waals surface area contributed by atoms with E-state index in [1.807, 2.05) is 12.2 Å². The first-order chi connectivity index (χ1) is 36.3. The molecule has 6 rings (SSSR count). The SMILES string of the molecule is CC(=O)NC[C@H](NC(=O)c1ccc(C#C/C=C/c2ccc(CN3CCOCC3)cc2)cc1)C(=O)NO.CN(C)CC(=O)NC[C@H](NC(=O)c1ccc(C#C/C=C/c2ccc(CN3CCOCC3)cc2)cc1)C(=O)NO. The highest BCUT2D eigenvalue weighted by molar-refractivity contribution is 5.98. The van der Waals surface area contributed by atoms with Crippen molar-refractivity contribution >= 4 is 47.6 Å². The van der Waals surface area contributed by atoms with E-state index in [4.69, 9.17) is 19.9 Å². The van der Waals surface area contributed by atoms with Gasteiger partial charge in [0.15, 0.2) is 0 Å². The molecule has 8 N–H and O–H groups in total. The Bertz CT molecular complexity index is 2690. The van der Waals surface area contributed by atoms with Crippen molar-refractivity contribution in [3.8, 4) is 23.7 Å². The first-order valence-corrected chi connectivity index (χ1v) is 24.3. The molecule has 2 aliphatic heterocycles. The summed E-state index contributed by atoms with van der Waals surface area (Å²) in [5.41, 5.74) is 9.70. The maximum atomic E-state index is 12.6. The van der Waals surface area contributed by atoms with Crippen LogP contribution in [0, 0.1) is 23.7 Å². The van der Waals surface area contributed by atoms with Crippen LogP contribution in [0.4, 0.5) is 0 Å². The second-order valence-corrected chi connectivity index (χ2v) is 17.6. The third-order valence-electron chi connectivity index (χ3n) is 11.4. The van der Waals surface area contributed by atoms with Gasteiger partial charge in [-0.1, -0.05) is 72.2 Å². The number of rotatable bonds is 18. The Morgan fingerprint density at radius 2 is 0.973 bits per heavy atom. The fraction of sp³-hybridized carbons (Fsp3) is 0.321. The van der Waals surface area contributed by atoms with Gasteiger partial charge in [-0.15, -0.1) is 0 Å². The van der Waals surface area contributed by atoms with E-state index >= 15 is 0 Å². The van der Waals surface area contributed by atoms with E-state index in [2.05, 4.69) is 103 Å². The number of nitrogens with one attached hydrogen (secondary N) is 6. The Labute approximate surface area is 437 Å². The molecule has 2 heterocycles. The van der Waals surface area contributed by atoms with Crippen LogP contribution in [-0.2, 0) is 41.7 Å². The van der Waals surface area contributed by atoms with Crippen LogP contribution < -0.4 is 32.2 Å². The number of likely N-dealkylation sites (N-methyl/N-ethyl adjacent to an activating group) is 1. The summed E-state index contributed by atoms with van der Waals surface area (Å²) in [6, 6.07) is 27.7. The summed E-state index contributed by atoms with van der Waals surface area (Å²) in [7, 11) is 3.46. The zero-order chi connectivity index (χ0) is 53.8. The second-order valence-electron chi connectivity index (χ2n) is 17.6. The predicted molar refractivity (Wildman–Crippen MR) is 282 cm³/mol. The highest BCUT2D eigenvalue weighted by Crippen LogP contribution is 2.13. The van der Waals surface area contributed by atoms with Crippen molar-refractivity contribution in [3.63, 3.8) is 0 Å². The minimum atomic E-state index is -1.15. The highest BCUT2D eigenvalue weighted by Gasteiger charge is 2.23. The molecule has 0 spiro atoms. The molecule has 0 aliphatic carbocycles. The molecule has 19 heteroatoms. The lowest BCUT2D eigenvalue weighted by Gasteiger charge is -2.26. The first-order valence-electron chi connectivity index (χ1n) is 24.3. The van der Waals surface area contributed by atoms with Crippen LogP contribution in [0.2, 0.25) is 0 Å². The lowest BCUT2D eigenvalue weighted by molar-refractivity contribution is -0.132. The molecular formula is C56H65N9O10. The van der Waals surface area contributed by atoms with Crippen LogP contribution in [0.15, 0.2) is 109 Å². The van der Waals surface area contributed by atoms with Crippen molar-refractivity contribution in [1.29, 1.82) is 0 Å². The number of amides is 6. The van der Waals surface area contributed by atoms with Gasteiger partial charge >= 0.3 is 0 Å². The molecule has 0 aromatic heterocycles. The summed E-state index contributed by atoms with van der Waals surface area (Å²) in [5.74, 6) is 8.63. The fourth-order valence-corrected chi connectivity index (χ4v) is 7.30. The number of morpholine rings is 2. The van der Waals surface area contributed by atoms with Gasteiger partial charge in [-0.3, -0.25) is 49.0 Å². The number of carbonyl (C=O) groups is 6. The summed E-state index contributed by atoms with van der Waals surface area (Å²) < 4.78 is 10.8. The van der Waals surface area contributed by atoms with E-state index < -0.39 is 35.7 Å². The minimum absolute atomic E-state index is 0.126. The quantitative estimate of drug-likeness (QED) is 0.0406. The molecule has 0 radical (unpaired) electrons. The Morgan fingerprint density at radius 1 is 0.587 bits per heavy atom. The molecule has 2 fully saturated rings. The van der Waals surface area contributed by atoms with Gasteiger partial charge in [0.05, 0.1) is 33.0 Å². The van der Waals surface area contributed by atoms with Crippen LogP contribution in [0.1, 0.15) is 61.0 Å². The normalized spacial score (nSPS) is 14.4. The largest absolute Gasteiger partial charge is 0.379 e. The van der Waals surface area contributed by atoms with Gasteiger partial charge < -0.3 is 35.6 Å². The van der Waals surface area contributed by atoms with Crippen molar-refractivity contribution in [2.45, 2.75) is 32.1 Å². The molecule has 0 saturated carbocycles. The van der Waals surface area contributed by atoms with Gasteiger partial charge in [-0.05, 0) is 109 Å². The number of nitrogens with zero attached hydrogens (tertiary/aromatic N) is 3. The van der Waals surface area contributed by atoms with Crippen LogP contribution >= 0.6 is 0 Å². The third kappa shape index (κ3) is 21.6. The zero-order valence-corrected chi connectivity index (χ0v) is 42.4. The molecule has 2 aliphatic rings. The van der Waals surface area contributed by atoms with Crippen molar-refractivity contribution in [3.05, 3.63) is 154 Å². The monoisotopic (exact) mass is 1020 g/mol. The van der Waals surface area contributed by atoms with E-state index in [0.717, 1.165) is 87.9 Å². The number of benzene rings is 4. The summed E-state index contributed by atoms with van der Waals surface area (Å²) in [5, 5.41) is 27.8. The van der Waals surface area contributed by atoms with Gasteiger partial charge in [0.1, 0.15) is 12.1 Å². The molecule has 6 amide bonds. The van der Waals surface area contributed by atoms with Crippen molar-refractivity contribution in [2.24, 2.45) is 0 Å². The van der Waals surface area contributed by atoms with E-state index in [-0.39, 0.29) is 31.4 Å². The summed E-state index contributed by atoms with van der Waals surface area (Å²) in [6.07, 6.45) is 7.43.